The average molecular weight is 215 g/mol. The van der Waals surface area contributed by atoms with Crippen LogP contribution in [0.5, 0.6) is 0 Å². The van der Waals surface area contributed by atoms with E-state index in [0.717, 1.165) is 6.07 Å². The lowest BCUT2D eigenvalue weighted by Gasteiger charge is -2.18. The number of rotatable bonds is 1. The molecule has 0 fully saturated rings. The minimum Gasteiger partial charge on any atom is -0.166 e. The Labute approximate surface area is 88.1 Å². The molecule has 0 bridgehead atoms. The summed E-state index contributed by atoms with van der Waals surface area (Å²) in [5.41, 5.74) is 0.0412. The molecule has 0 aromatic heterocycles. The summed E-state index contributed by atoms with van der Waals surface area (Å²) in [7, 11) is 0. The first-order valence-corrected chi connectivity index (χ1v) is 4.76. The average Bonchev–Trinajstić information content (AvgIpc) is 1.99. The van der Waals surface area contributed by atoms with Gasteiger partial charge in [0.1, 0.15) is 0 Å². The predicted molar refractivity (Wildman–Crippen MR) is 53.4 cm³/mol. The van der Waals surface area contributed by atoms with Crippen molar-refractivity contribution in [3.8, 4) is 0 Å². The van der Waals surface area contributed by atoms with Crippen molar-refractivity contribution in [1.82, 2.24) is 0 Å². The third kappa shape index (κ3) is 3.94. The molecule has 1 aromatic carbocycles. The van der Waals surface area contributed by atoms with Crippen LogP contribution in [0, 0.1) is 11.5 Å². The van der Waals surface area contributed by atoms with Gasteiger partial charge >= 0.3 is 6.18 Å². The van der Waals surface area contributed by atoms with Crippen LogP contribution in [0.1, 0.15) is 31.9 Å². The molecule has 0 aliphatic rings. The SMILES string of the molecule is CC(C)(C)Cc1c[c]cc(C(F)(F)F)c1. The largest absolute Gasteiger partial charge is 0.416 e. The van der Waals surface area contributed by atoms with Crippen molar-refractivity contribution in [3.63, 3.8) is 0 Å². The highest BCUT2D eigenvalue weighted by atomic mass is 19.4. The number of benzene rings is 1. The molecule has 0 unspecified atom stereocenters. The van der Waals surface area contributed by atoms with Crippen LogP contribution in [-0.2, 0) is 12.6 Å². The predicted octanol–water partition coefficient (Wildman–Crippen LogP) is 4.09. The Balaban J connectivity index is 2.94. The minimum absolute atomic E-state index is 0.0158. The summed E-state index contributed by atoms with van der Waals surface area (Å²) in [5.74, 6) is 0. The molecule has 0 saturated carbocycles. The van der Waals surface area contributed by atoms with Crippen molar-refractivity contribution in [2.45, 2.75) is 33.4 Å². The monoisotopic (exact) mass is 215 g/mol. The zero-order valence-corrected chi connectivity index (χ0v) is 9.07. The third-order valence-electron chi connectivity index (χ3n) is 1.91. The standard InChI is InChI=1S/C12H14F3/c1-11(2,3)8-9-5-4-6-10(7-9)12(13,14)15/h5-7H,8H2,1-3H3. The molecule has 0 N–H and O–H groups in total. The highest BCUT2D eigenvalue weighted by Gasteiger charge is 2.30. The summed E-state index contributed by atoms with van der Waals surface area (Å²) >= 11 is 0. The Morgan fingerprint density at radius 2 is 1.73 bits per heavy atom. The Morgan fingerprint density at radius 1 is 1.13 bits per heavy atom. The molecule has 0 spiro atoms. The molecular formula is C12H14F3. The lowest BCUT2D eigenvalue weighted by molar-refractivity contribution is -0.137. The smallest absolute Gasteiger partial charge is 0.166 e. The van der Waals surface area contributed by atoms with E-state index in [4.69, 9.17) is 0 Å². The Bertz CT molecular complexity index is 331. The van der Waals surface area contributed by atoms with E-state index < -0.39 is 11.7 Å². The van der Waals surface area contributed by atoms with E-state index >= 15 is 0 Å². The molecule has 1 rings (SSSR count). The Morgan fingerprint density at radius 3 is 2.20 bits per heavy atom. The molecule has 0 nitrogen and oxygen atoms in total. The van der Waals surface area contributed by atoms with E-state index in [9.17, 15) is 13.2 Å². The number of alkyl halides is 3. The second kappa shape index (κ2) is 3.87. The van der Waals surface area contributed by atoms with Gasteiger partial charge in [0.05, 0.1) is 5.56 Å². The summed E-state index contributed by atoms with van der Waals surface area (Å²) in [5, 5.41) is 0. The summed E-state index contributed by atoms with van der Waals surface area (Å²) in [6, 6.07) is 6.32. The minimum atomic E-state index is -4.27. The van der Waals surface area contributed by atoms with Gasteiger partial charge in [0.2, 0.25) is 0 Å². The van der Waals surface area contributed by atoms with Gasteiger partial charge in [-0.15, -0.1) is 0 Å². The van der Waals surface area contributed by atoms with Crippen molar-refractivity contribution < 1.29 is 13.2 Å². The van der Waals surface area contributed by atoms with E-state index in [1.807, 2.05) is 20.8 Å². The van der Waals surface area contributed by atoms with Gasteiger partial charge in [-0.2, -0.15) is 13.2 Å². The Hall–Kier alpha value is -0.990. The molecule has 0 saturated heterocycles. The van der Waals surface area contributed by atoms with Gasteiger partial charge in [0.15, 0.2) is 0 Å². The van der Waals surface area contributed by atoms with Crippen molar-refractivity contribution in [2.75, 3.05) is 0 Å². The zero-order chi connectivity index (χ0) is 11.7. The lowest BCUT2D eigenvalue weighted by Crippen LogP contribution is -2.11. The summed E-state index contributed by atoms with van der Waals surface area (Å²) < 4.78 is 37.1. The van der Waals surface area contributed by atoms with Gasteiger partial charge in [-0.1, -0.05) is 26.8 Å². The molecule has 83 valence electrons. The van der Waals surface area contributed by atoms with Crippen molar-refractivity contribution >= 4 is 0 Å². The highest BCUT2D eigenvalue weighted by Crippen LogP contribution is 2.30. The molecule has 1 radical (unpaired) electrons. The molecule has 0 amide bonds. The van der Waals surface area contributed by atoms with Crippen LogP contribution in [-0.4, -0.2) is 0 Å². The normalized spacial score (nSPS) is 12.9. The van der Waals surface area contributed by atoms with Crippen molar-refractivity contribution in [2.24, 2.45) is 5.41 Å². The number of hydrogen-bond acceptors (Lipinski definition) is 0. The zero-order valence-electron chi connectivity index (χ0n) is 9.07. The summed E-state index contributed by atoms with van der Waals surface area (Å²) in [6.45, 7) is 5.98. The van der Waals surface area contributed by atoms with Crippen LogP contribution in [0.4, 0.5) is 13.2 Å². The van der Waals surface area contributed by atoms with Gasteiger partial charge in [-0.25, -0.2) is 0 Å². The summed E-state index contributed by atoms with van der Waals surface area (Å²) in [6.07, 6.45) is -3.65. The van der Waals surface area contributed by atoms with E-state index in [-0.39, 0.29) is 5.41 Å². The van der Waals surface area contributed by atoms with Crippen LogP contribution >= 0.6 is 0 Å². The van der Waals surface area contributed by atoms with Gasteiger partial charge in [-0.05, 0) is 35.6 Å². The molecule has 0 aliphatic heterocycles. The first kappa shape index (κ1) is 12.1. The van der Waals surface area contributed by atoms with E-state index in [0.29, 0.717) is 12.0 Å². The second-order valence-electron chi connectivity index (χ2n) is 4.87. The van der Waals surface area contributed by atoms with Crippen LogP contribution < -0.4 is 0 Å². The Kier molecular flexibility index (Phi) is 3.12. The first-order chi connectivity index (χ1) is 6.68. The number of halogens is 3. The molecule has 0 aliphatic carbocycles. The van der Waals surface area contributed by atoms with Crippen molar-refractivity contribution in [3.05, 3.63) is 35.4 Å². The highest BCUT2D eigenvalue weighted by molar-refractivity contribution is 5.25. The maximum Gasteiger partial charge on any atom is 0.416 e. The van der Waals surface area contributed by atoms with E-state index in [2.05, 4.69) is 6.07 Å². The molecule has 0 heterocycles. The summed E-state index contributed by atoms with van der Waals surface area (Å²) in [4.78, 5) is 0. The van der Waals surface area contributed by atoms with Gasteiger partial charge in [0, 0.05) is 0 Å². The van der Waals surface area contributed by atoms with Gasteiger partial charge in [-0.3, -0.25) is 0 Å². The quantitative estimate of drug-likeness (QED) is 0.661. The molecule has 15 heavy (non-hydrogen) atoms. The molecule has 0 atom stereocenters. The second-order valence-corrected chi connectivity index (χ2v) is 4.87. The fourth-order valence-corrected chi connectivity index (χ4v) is 1.40. The van der Waals surface area contributed by atoms with Crippen molar-refractivity contribution in [1.29, 1.82) is 0 Å². The van der Waals surface area contributed by atoms with Crippen LogP contribution in [0.2, 0.25) is 0 Å². The van der Waals surface area contributed by atoms with Crippen LogP contribution in [0.15, 0.2) is 18.2 Å². The lowest BCUT2D eigenvalue weighted by atomic mass is 9.88. The first-order valence-electron chi connectivity index (χ1n) is 4.76. The fraction of sp³-hybridized carbons (Fsp3) is 0.500. The van der Waals surface area contributed by atoms with E-state index in [1.54, 1.807) is 6.07 Å². The molecule has 3 heteroatoms. The van der Waals surface area contributed by atoms with E-state index in [1.165, 1.54) is 6.07 Å². The van der Waals surface area contributed by atoms with Gasteiger partial charge in [0.25, 0.3) is 0 Å². The van der Waals surface area contributed by atoms with Crippen LogP contribution in [0.25, 0.3) is 0 Å². The van der Waals surface area contributed by atoms with Crippen LogP contribution in [0.3, 0.4) is 0 Å². The molecule has 1 aromatic rings. The van der Waals surface area contributed by atoms with Gasteiger partial charge < -0.3 is 0 Å². The maximum atomic E-state index is 12.4. The molecular weight excluding hydrogens is 201 g/mol. The fourth-order valence-electron chi connectivity index (χ4n) is 1.40. The number of hydrogen-bond donors (Lipinski definition) is 0. The maximum absolute atomic E-state index is 12.4. The topological polar surface area (TPSA) is 0 Å². The third-order valence-corrected chi connectivity index (χ3v) is 1.91.